The Kier molecular flexibility index (Phi) is 4.55. The van der Waals surface area contributed by atoms with Crippen molar-refractivity contribution in [1.82, 2.24) is 5.32 Å². The summed E-state index contributed by atoms with van der Waals surface area (Å²) in [6.07, 6.45) is 1.09. The molecule has 0 unspecified atom stereocenters. The van der Waals surface area contributed by atoms with Crippen LogP contribution in [0.5, 0.6) is 11.5 Å². The molecular weight excluding hydrogens is 234 g/mol. The van der Waals surface area contributed by atoms with Crippen molar-refractivity contribution in [3.63, 3.8) is 0 Å². The molecule has 0 heterocycles. The van der Waals surface area contributed by atoms with Crippen molar-refractivity contribution in [3.8, 4) is 11.5 Å². The SMILES string of the molecule is CCC(O)(CC)CNC(=O)c1ccc(O)c(O)c1. The van der Waals surface area contributed by atoms with Crippen LogP contribution >= 0.6 is 0 Å². The number of phenols is 2. The van der Waals surface area contributed by atoms with Crippen LogP contribution in [0.3, 0.4) is 0 Å². The number of aromatic hydroxyl groups is 2. The van der Waals surface area contributed by atoms with E-state index in [-0.39, 0.29) is 23.6 Å². The summed E-state index contributed by atoms with van der Waals surface area (Å²) in [5, 5.41) is 31.1. The topological polar surface area (TPSA) is 89.8 Å². The van der Waals surface area contributed by atoms with Gasteiger partial charge in [0.05, 0.1) is 5.60 Å². The molecule has 0 saturated carbocycles. The third-order valence-corrected chi connectivity index (χ3v) is 3.13. The maximum Gasteiger partial charge on any atom is 0.251 e. The first-order valence-electron chi connectivity index (χ1n) is 5.94. The van der Waals surface area contributed by atoms with Crippen LogP contribution in [0.2, 0.25) is 0 Å². The molecule has 0 aliphatic rings. The second-order valence-corrected chi connectivity index (χ2v) is 4.32. The van der Waals surface area contributed by atoms with E-state index in [9.17, 15) is 15.0 Å². The monoisotopic (exact) mass is 253 g/mol. The first-order chi connectivity index (χ1) is 8.41. The number of hydrogen-bond donors (Lipinski definition) is 4. The zero-order valence-electron chi connectivity index (χ0n) is 10.6. The largest absolute Gasteiger partial charge is 0.504 e. The van der Waals surface area contributed by atoms with Gasteiger partial charge in [-0.25, -0.2) is 0 Å². The summed E-state index contributed by atoms with van der Waals surface area (Å²) in [4.78, 5) is 11.8. The van der Waals surface area contributed by atoms with Gasteiger partial charge in [-0.2, -0.15) is 0 Å². The molecule has 4 N–H and O–H groups in total. The summed E-state index contributed by atoms with van der Waals surface area (Å²) < 4.78 is 0. The van der Waals surface area contributed by atoms with Gasteiger partial charge >= 0.3 is 0 Å². The van der Waals surface area contributed by atoms with Gasteiger partial charge in [-0.3, -0.25) is 4.79 Å². The molecule has 0 radical (unpaired) electrons. The minimum Gasteiger partial charge on any atom is -0.504 e. The molecule has 5 nitrogen and oxygen atoms in total. The average Bonchev–Trinajstić information content (AvgIpc) is 2.38. The van der Waals surface area contributed by atoms with E-state index in [0.717, 1.165) is 0 Å². The predicted octanol–water partition coefficient (Wildman–Crippen LogP) is 1.38. The van der Waals surface area contributed by atoms with Crippen molar-refractivity contribution in [3.05, 3.63) is 23.8 Å². The summed E-state index contributed by atoms with van der Waals surface area (Å²) in [5.74, 6) is -1.01. The van der Waals surface area contributed by atoms with Gasteiger partial charge < -0.3 is 20.6 Å². The lowest BCUT2D eigenvalue weighted by Gasteiger charge is -2.25. The van der Waals surface area contributed by atoms with Crippen LogP contribution in [0.25, 0.3) is 0 Å². The molecule has 1 amide bonds. The highest BCUT2D eigenvalue weighted by Crippen LogP contribution is 2.24. The standard InChI is InChI=1S/C13H19NO4/c1-3-13(18,4-2)8-14-12(17)9-5-6-10(15)11(16)7-9/h5-7,15-16,18H,3-4,8H2,1-2H3,(H,14,17). The molecule has 0 fully saturated rings. The summed E-state index contributed by atoms with van der Waals surface area (Å²) in [7, 11) is 0. The van der Waals surface area contributed by atoms with E-state index in [0.29, 0.717) is 12.8 Å². The maximum absolute atomic E-state index is 11.8. The summed E-state index contributed by atoms with van der Waals surface area (Å²) in [6, 6.07) is 3.83. The Balaban J connectivity index is 2.68. The number of aliphatic hydroxyl groups is 1. The summed E-state index contributed by atoms with van der Waals surface area (Å²) >= 11 is 0. The quantitative estimate of drug-likeness (QED) is 0.597. The van der Waals surface area contributed by atoms with E-state index in [2.05, 4.69) is 5.32 Å². The lowest BCUT2D eigenvalue weighted by Crippen LogP contribution is -2.42. The first kappa shape index (κ1) is 14.3. The van der Waals surface area contributed by atoms with Gasteiger partial charge in [0, 0.05) is 12.1 Å². The van der Waals surface area contributed by atoms with Crippen molar-refractivity contribution >= 4 is 5.91 Å². The molecule has 0 aromatic heterocycles. The van der Waals surface area contributed by atoms with Gasteiger partial charge in [0.15, 0.2) is 11.5 Å². The van der Waals surface area contributed by atoms with Gasteiger partial charge in [-0.15, -0.1) is 0 Å². The van der Waals surface area contributed by atoms with Gasteiger partial charge in [-0.1, -0.05) is 13.8 Å². The average molecular weight is 253 g/mol. The van der Waals surface area contributed by atoms with Crippen molar-refractivity contribution in [2.75, 3.05) is 6.54 Å². The van der Waals surface area contributed by atoms with Crippen LogP contribution in [-0.4, -0.2) is 33.4 Å². The van der Waals surface area contributed by atoms with Crippen molar-refractivity contribution < 1.29 is 20.1 Å². The highest BCUT2D eigenvalue weighted by atomic mass is 16.3. The Morgan fingerprint density at radius 2 is 1.83 bits per heavy atom. The lowest BCUT2D eigenvalue weighted by molar-refractivity contribution is 0.0314. The maximum atomic E-state index is 11.8. The van der Waals surface area contributed by atoms with Gasteiger partial charge in [0.25, 0.3) is 5.91 Å². The van der Waals surface area contributed by atoms with E-state index >= 15 is 0 Å². The number of hydrogen-bond acceptors (Lipinski definition) is 4. The highest BCUT2D eigenvalue weighted by Gasteiger charge is 2.23. The van der Waals surface area contributed by atoms with Crippen LogP contribution in [0.4, 0.5) is 0 Å². The van der Waals surface area contributed by atoms with E-state index in [1.165, 1.54) is 18.2 Å². The van der Waals surface area contributed by atoms with Gasteiger partial charge in [0.1, 0.15) is 0 Å². The summed E-state index contributed by atoms with van der Waals surface area (Å²) in [6.45, 7) is 3.85. The fourth-order valence-electron chi connectivity index (χ4n) is 1.51. The number of amides is 1. The molecule has 100 valence electrons. The number of rotatable bonds is 5. The van der Waals surface area contributed by atoms with E-state index in [4.69, 9.17) is 5.11 Å². The minimum absolute atomic E-state index is 0.153. The molecule has 5 heteroatoms. The van der Waals surface area contributed by atoms with Crippen molar-refractivity contribution in [1.29, 1.82) is 0 Å². The molecule has 0 aliphatic heterocycles. The zero-order chi connectivity index (χ0) is 13.8. The van der Waals surface area contributed by atoms with Crippen molar-refractivity contribution in [2.45, 2.75) is 32.3 Å². The number of benzene rings is 1. The molecule has 1 aromatic rings. The number of phenolic OH excluding ortho intramolecular Hbond substituents is 2. The molecule has 0 atom stereocenters. The Bertz CT molecular complexity index is 427. The van der Waals surface area contributed by atoms with Crippen LogP contribution in [0, 0.1) is 0 Å². The molecule has 1 aromatic carbocycles. The smallest absolute Gasteiger partial charge is 0.251 e. The molecule has 0 saturated heterocycles. The highest BCUT2D eigenvalue weighted by molar-refractivity contribution is 5.94. The number of carbonyl (C=O) groups is 1. The van der Waals surface area contributed by atoms with E-state index in [1.807, 2.05) is 13.8 Å². The molecule has 0 aliphatic carbocycles. The second-order valence-electron chi connectivity index (χ2n) is 4.32. The summed E-state index contributed by atoms with van der Waals surface area (Å²) in [5.41, 5.74) is -0.672. The molecule has 1 rings (SSSR count). The third kappa shape index (κ3) is 3.37. The zero-order valence-corrected chi connectivity index (χ0v) is 10.6. The minimum atomic E-state index is -0.908. The number of carbonyl (C=O) groups excluding carboxylic acids is 1. The Labute approximate surface area is 106 Å². The van der Waals surface area contributed by atoms with Crippen molar-refractivity contribution in [2.24, 2.45) is 0 Å². The Morgan fingerprint density at radius 1 is 1.22 bits per heavy atom. The first-order valence-corrected chi connectivity index (χ1v) is 5.94. The van der Waals surface area contributed by atoms with Crippen LogP contribution in [0.15, 0.2) is 18.2 Å². The van der Waals surface area contributed by atoms with Gasteiger partial charge in [-0.05, 0) is 31.0 Å². The molecule has 18 heavy (non-hydrogen) atoms. The third-order valence-electron chi connectivity index (χ3n) is 3.13. The van der Waals surface area contributed by atoms with Gasteiger partial charge in [0.2, 0.25) is 0 Å². The fraction of sp³-hybridized carbons (Fsp3) is 0.462. The predicted molar refractivity (Wildman–Crippen MR) is 67.6 cm³/mol. The van der Waals surface area contributed by atoms with E-state index < -0.39 is 11.5 Å². The van der Waals surface area contributed by atoms with Crippen LogP contribution in [-0.2, 0) is 0 Å². The Morgan fingerprint density at radius 3 is 2.33 bits per heavy atom. The van der Waals surface area contributed by atoms with E-state index in [1.54, 1.807) is 0 Å². The molecule has 0 bridgehead atoms. The van der Waals surface area contributed by atoms with Crippen LogP contribution < -0.4 is 5.32 Å². The Hall–Kier alpha value is -1.75. The second kappa shape index (κ2) is 5.73. The molecular formula is C13H19NO4. The fourth-order valence-corrected chi connectivity index (χ4v) is 1.51. The number of nitrogens with one attached hydrogen (secondary N) is 1. The normalized spacial score (nSPS) is 11.3. The lowest BCUT2D eigenvalue weighted by atomic mass is 9.97. The van der Waals surface area contributed by atoms with Crippen LogP contribution in [0.1, 0.15) is 37.0 Å². The molecule has 0 spiro atoms.